The number of nitrogens with zero attached hydrogens (tertiary/aromatic N) is 1. The molecule has 156 valence electrons. The van der Waals surface area contributed by atoms with Gasteiger partial charge in [0.05, 0.1) is 18.7 Å². The molecule has 0 aliphatic rings. The number of aromatic nitrogens is 1. The highest BCUT2D eigenvalue weighted by Crippen LogP contribution is 2.32. The molecular formula is C25H21NO5. The molecule has 0 radical (unpaired) electrons. The highest BCUT2D eigenvalue weighted by Gasteiger charge is 2.34. The first kappa shape index (κ1) is 20.3. The summed E-state index contributed by atoms with van der Waals surface area (Å²) in [6, 6.07) is 17.9. The predicted molar refractivity (Wildman–Crippen MR) is 117 cm³/mol. The summed E-state index contributed by atoms with van der Waals surface area (Å²) in [5.74, 6) is -1.80. The molecule has 2 aromatic carbocycles. The van der Waals surface area contributed by atoms with Crippen LogP contribution in [0.25, 0.3) is 16.3 Å². The van der Waals surface area contributed by atoms with Crippen molar-refractivity contribution in [2.24, 2.45) is 0 Å². The molecule has 31 heavy (non-hydrogen) atoms. The number of carbonyl (C=O) groups excluding carboxylic acids is 3. The molecule has 2 aromatic heterocycles. The Bertz CT molecular complexity index is 1300. The average molecular weight is 415 g/mol. The molecule has 0 spiro atoms. The van der Waals surface area contributed by atoms with Gasteiger partial charge in [0, 0.05) is 17.1 Å². The van der Waals surface area contributed by atoms with E-state index < -0.39 is 11.9 Å². The zero-order valence-corrected chi connectivity index (χ0v) is 17.3. The molecule has 0 aliphatic heterocycles. The molecule has 0 aliphatic carbocycles. The van der Waals surface area contributed by atoms with Gasteiger partial charge in [-0.1, -0.05) is 54.6 Å². The Hall–Kier alpha value is -3.93. The van der Waals surface area contributed by atoms with Crippen LogP contribution in [0.4, 0.5) is 0 Å². The van der Waals surface area contributed by atoms with Crippen molar-refractivity contribution in [1.82, 2.24) is 4.40 Å². The van der Waals surface area contributed by atoms with Crippen molar-refractivity contribution in [1.29, 1.82) is 0 Å². The number of hydrogen-bond donors (Lipinski definition) is 0. The van der Waals surface area contributed by atoms with Crippen molar-refractivity contribution >= 4 is 34.0 Å². The first-order chi connectivity index (χ1) is 15.1. The lowest BCUT2D eigenvalue weighted by Gasteiger charge is -2.07. The third-order valence-corrected chi connectivity index (χ3v) is 5.03. The summed E-state index contributed by atoms with van der Waals surface area (Å²) >= 11 is 0. The highest BCUT2D eigenvalue weighted by molar-refractivity contribution is 6.22. The minimum absolute atomic E-state index is 0.0383. The molecule has 4 aromatic rings. The summed E-state index contributed by atoms with van der Waals surface area (Å²) in [5, 5.41) is 1.60. The van der Waals surface area contributed by atoms with Crippen LogP contribution in [0.15, 0.2) is 66.9 Å². The fourth-order valence-corrected chi connectivity index (χ4v) is 3.77. The van der Waals surface area contributed by atoms with Gasteiger partial charge in [0.1, 0.15) is 16.8 Å². The number of ether oxygens (including phenoxy) is 2. The Morgan fingerprint density at radius 1 is 0.774 bits per heavy atom. The predicted octanol–water partition coefficient (Wildman–Crippen LogP) is 4.68. The molecular weight excluding hydrogens is 394 g/mol. The molecule has 0 saturated carbocycles. The van der Waals surface area contributed by atoms with Crippen LogP contribution in [0.5, 0.6) is 0 Å². The van der Waals surface area contributed by atoms with Gasteiger partial charge in [-0.15, -0.1) is 0 Å². The molecule has 2 heterocycles. The molecule has 0 atom stereocenters. The van der Waals surface area contributed by atoms with Gasteiger partial charge in [-0.2, -0.15) is 0 Å². The maximum absolute atomic E-state index is 13.5. The van der Waals surface area contributed by atoms with E-state index in [1.54, 1.807) is 54.8 Å². The van der Waals surface area contributed by atoms with Crippen molar-refractivity contribution < 1.29 is 23.9 Å². The van der Waals surface area contributed by atoms with Crippen LogP contribution in [-0.4, -0.2) is 35.3 Å². The lowest BCUT2D eigenvalue weighted by atomic mass is 10.0. The summed E-state index contributed by atoms with van der Waals surface area (Å²) < 4.78 is 12.1. The van der Waals surface area contributed by atoms with Gasteiger partial charge in [-0.3, -0.25) is 4.79 Å². The summed E-state index contributed by atoms with van der Waals surface area (Å²) in [6.45, 7) is 3.60. The molecule has 0 N–H and O–H groups in total. The lowest BCUT2D eigenvalue weighted by molar-refractivity contribution is 0.0480. The second kappa shape index (κ2) is 8.44. The standard InChI is InChI=1S/C25H21NO5/c1-3-30-24(28)19-20(25(29)31-4-2)22(23(27)17-11-6-5-7-12-17)26-15-14-16-10-8-9-13-18(16)21(19)26/h5-15H,3-4H2,1-2H3. The molecule has 4 rings (SSSR count). The third kappa shape index (κ3) is 3.46. The second-order valence-corrected chi connectivity index (χ2v) is 6.86. The molecule has 0 amide bonds. The number of esters is 2. The van der Waals surface area contributed by atoms with Gasteiger partial charge in [0.25, 0.3) is 0 Å². The lowest BCUT2D eigenvalue weighted by Crippen LogP contribution is -2.16. The minimum Gasteiger partial charge on any atom is -0.462 e. The van der Waals surface area contributed by atoms with E-state index in [9.17, 15) is 14.4 Å². The minimum atomic E-state index is -0.738. The second-order valence-electron chi connectivity index (χ2n) is 6.86. The van der Waals surface area contributed by atoms with Gasteiger partial charge in [0.2, 0.25) is 5.78 Å². The number of carbonyl (C=O) groups is 3. The van der Waals surface area contributed by atoms with Gasteiger partial charge in [-0.05, 0) is 25.3 Å². The van der Waals surface area contributed by atoms with Crippen molar-refractivity contribution in [3.63, 3.8) is 0 Å². The average Bonchev–Trinajstić information content (AvgIpc) is 3.15. The van der Waals surface area contributed by atoms with E-state index in [1.165, 1.54) is 0 Å². The molecule has 0 saturated heterocycles. The fraction of sp³-hybridized carbons (Fsp3) is 0.160. The molecule has 6 nitrogen and oxygen atoms in total. The van der Waals surface area contributed by atoms with E-state index in [1.807, 2.05) is 30.3 Å². The quantitative estimate of drug-likeness (QED) is 0.338. The van der Waals surface area contributed by atoms with Gasteiger partial charge < -0.3 is 13.9 Å². The number of pyridine rings is 1. The SMILES string of the molecule is CCOC(=O)c1c(C(=O)OCC)c2c3ccccc3ccn2c1C(=O)c1ccccc1. The maximum atomic E-state index is 13.5. The monoisotopic (exact) mass is 415 g/mol. The van der Waals surface area contributed by atoms with Crippen molar-refractivity contribution in [2.45, 2.75) is 13.8 Å². The molecule has 0 unspecified atom stereocenters. The zero-order chi connectivity index (χ0) is 22.0. The summed E-state index contributed by atoms with van der Waals surface area (Å²) in [6.07, 6.45) is 1.69. The smallest absolute Gasteiger partial charge is 0.341 e. The normalized spacial score (nSPS) is 10.9. The van der Waals surface area contributed by atoms with Crippen LogP contribution in [0, 0.1) is 0 Å². The summed E-state index contributed by atoms with van der Waals surface area (Å²) in [4.78, 5) is 39.6. The Morgan fingerprint density at radius 3 is 2.06 bits per heavy atom. The van der Waals surface area contributed by atoms with Crippen molar-refractivity contribution in [3.05, 3.63) is 89.2 Å². The van der Waals surface area contributed by atoms with Gasteiger partial charge >= 0.3 is 11.9 Å². The van der Waals surface area contributed by atoms with Crippen LogP contribution < -0.4 is 0 Å². The third-order valence-electron chi connectivity index (χ3n) is 5.03. The van der Waals surface area contributed by atoms with E-state index in [2.05, 4.69) is 0 Å². The molecule has 0 fully saturated rings. The maximum Gasteiger partial charge on any atom is 0.341 e. The summed E-state index contributed by atoms with van der Waals surface area (Å²) in [7, 11) is 0. The van der Waals surface area contributed by atoms with Crippen LogP contribution in [0.1, 0.15) is 50.6 Å². The Morgan fingerprint density at radius 2 is 1.39 bits per heavy atom. The van der Waals surface area contributed by atoms with Gasteiger partial charge in [-0.25, -0.2) is 9.59 Å². The summed E-state index contributed by atoms with van der Waals surface area (Å²) in [5.41, 5.74) is 0.880. The first-order valence-corrected chi connectivity index (χ1v) is 10.1. The van der Waals surface area contributed by atoms with Crippen LogP contribution >= 0.6 is 0 Å². The van der Waals surface area contributed by atoms with Crippen LogP contribution in [0.3, 0.4) is 0 Å². The Labute approximate surface area is 179 Å². The van der Waals surface area contributed by atoms with E-state index >= 15 is 0 Å². The number of hydrogen-bond acceptors (Lipinski definition) is 5. The van der Waals surface area contributed by atoms with E-state index in [0.717, 1.165) is 10.8 Å². The molecule has 6 heteroatoms. The van der Waals surface area contributed by atoms with Crippen LogP contribution in [-0.2, 0) is 9.47 Å². The van der Waals surface area contributed by atoms with E-state index in [0.29, 0.717) is 11.1 Å². The van der Waals surface area contributed by atoms with Gasteiger partial charge in [0.15, 0.2) is 0 Å². The largest absolute Gasteiger partial charge is 0.462 e. The Balaban J connectivity index is 2.16. The number of fused-ring (bicyclic) bond motifs is 3. The van der Waals surface area contributed by atoms with Crippen LogP contribution in [0.2, 0.25) is 0 Å². The van der Waals surface area contributed by atoms with Crippen molar-refractivity contribution in [2.75, 3.05) is 13.2 Å². The number of ketones is 1. The topological polar surface area (TPSA) is 74.1 Å². The Kier molecular flexibility index (Phi) is 5.54. The number of benzene rings is 2. The van der Waals surface area contributed by atoms with E-state index in [4.69, 9.17) is 9.47 Å². The number of rotatable bonds is 6. The van der Waals surface area contributed by atoms with E-state index in [-0.39, 0.29) is 35.8 Å². The highest BCUT2D eigenvalue weighted by atomic mass is 16.5. The zero-order valence-electron chi connectivity index (χ0n) is 17.3. The molecule has 0 bridgehead atoms. The first-order valence-electron chi connectivity index (χ1n) is 10.1. The fourth-order valence-electron chi connectivity index (χ4n) is 3.77. The van der Waals surface area contributed by atoms with Crippen molar-refractivity contribution in [3.8, 4) is 0 Å².